The van der Waals surface area contributed by atoms with Crippen molar-refractivity contribution in [3.05, 3.63) is 24.4 Å². The second-order valence-corrected chi connectivity index (χ2v) is 8.80. The van der Waals surface area contributed by atoms with Crippen molar-refractivity contribution in [2.24, 2.45) is 5.92 Å². The first-order chi connectivity index (χ1) is 11.0. The second kappa shape index (κ2) is 6.11. The van der Waals surface area contributed by atoms with Crippen LogP contribution in [0.5, 0.6) is 5.88 Å². The van der Waals surface area contributed by atoms with E-state index in [1.807, 2.05) is 13.0 Å². The van der Waals surface area contributed by atoms with E-state index in [2.05, 4.69) is 4.98 Å². The summed E-state index contributed by atoms with van der Waals surface area (Å²) in [6.45, 7) is 2.89. The fraction of sp³-hybridized carbons (Fsp3) is 0.625. The minimum Gasteiger partial charge on any atom is -0.477 e. The number of hydrogen-bond acceptors (Lipinski definition) is 5. The molecule has 0 N–H and O–H groups in total. The first-order valence-corrected chi connectivity index (χ1v) is 9.67. The molecule has 1 aromatic rings. The summed E-state index contributed by atoms with van der Waals surface area (Å²) in [5, 5.41) is 0. The van der Waals surface area contributed by atoms with Crippen LogP contribution in [0.3, 0.4) is 0 Å². The van der Waals surface area contributed by atoms with Crippen LogP contribution in [-0.2, 0) is 14.6 Å². The lowest BCUT2D eigenvalue weighted by Gasteiger charge is -2.49. The summed E-state index contributed by atoms with van der Waals surface area (Å²) >= 11 is 0. The zero-order chi connectivity index (χ0) is 16.5. The predicted octanol–water partition coefficient (Wildman–Crippen LogP) is 1.28. The van der Waals surface area contributed by atoms with Crippen molar-refractivity contribution >= 4 is 15.7 Å². The molecule has 126 valence electrons. The number of aromatic nitrogens is 1. The molecule has 1 unspecified atom stereocenters. The van der Waals surface area contributed by atoms with E-state index in [9.17, 15) is 13.2 Å². The maximum atomic E-state index is 12.5. The van der Waals surface area contributed by atoms with Gasteiger partial charge in [-0.1, -0.05) is 13.0 Å². The third kappa shape index (κ3) is 2.82. The molecule has 1 atom stereocenters. The minimum atomic E-state index is -3.18. The summed E-state index contributed by atoms with van der Waals surface area (Å²) < 4.78 is 29.9. The first kappa shape index (κ1) is 16.2. The molecule has 0 saturated carbocycles. The van der Waals surface area contributed by atoms with Crippen LogP contribution in [0.1, 0.15) is 26.2 Å². The molecule has 0 aromatic carbocycles. The molecule has 2 aliphatic heterocycles. The standard InChI is InChI=1S/C16H22N2O4S/c1-2-5-15(19)18-11-16(12-18)13(7-9-23(16,20)21)10-22-14-6-3-4-8-17-14/h3-4,6,8,13H,2,5,7,9-12H2,1H3. The van der Waals surface area contributed by atoms with Crippen molar-refractivity contribution in [3.8, 4) is 5.88 Å². The number of carbonyl (C=O) groups is 1. The van der Waals surface area contributed by atoms with Gasteiger partial charge in [0.1, 0.15) is 4.75 Å². The van der Waals surface area contributed by atoms with Crippen molar-refractivity contribution in [2.45, 2.75) is 30.9 Å². The maximum Gasteiger partial charge on any atom is 0.222 e. The van der Waals surface area contributed by atoms with Crippen LogP contribution in [0.2, 0.25) is 0 Å². The SMILES string of the molecule is CCCC(=O)N1CC2(C1)C(COc1ccccn1)CCS2(=O)=O. The molecule has 0 aliphatic carbocycles. The van der Waals surface area contributed by atoms with Crippen molar-refractivity contribution in [1.82, 2.24) is 9.88 Å². The molecule has 1 spiro atoms. The van der Waals surface area contributed by atoms with Crippen LogP contribution in [0.25, 0.3) is 0 Å². The van der Waals surface area contributed by atoms with E-state index in [4.69, 9.17) is 4.74 Å². The number of pyridine rings is 1. The van der Waals surface area contributed by atoms with E-state index in [-0.39, 0.29) is 17.6 Å². The molecule has 1 amide bonds. The Bertz CT molecular complexity index is 669. The number of sulfone groups is 1. The molecule has 3 heterocycles. The molecule has 0 radical (unpaired) electrons. The number of likely N-dealkylation sites (tertiary alicyclic amines) is 1. The Morgan fingerprint density at radius 3 is 2.87 bits per heavy atom. The quantitative estimate of drug-likeness (QED) is 0.808. The second-order valence-electron chi connectivity index (χ2n) is 6.35. The molecule has 2 aliphatic rings. The number of carbonyl (C=O) groups excluding carboxylic acids is 1. The normalized spacial score (nSPS) is 24.4. The Labute approximate surface area is 136 Å². The smallest absolute Gasteiger partial charge is 0.222 e. The Morgan fingerprint density at radius 1 is 1.43 bits per heavy atom. The molecule has 2 saturated heterocycles. The molecule has 3 rings (SSSR count). The van der Waals surface area contributed by atoms with Crippen LogP contribution in [0.4, 0.5) is 0 Å². The lowest BCUT2D eigenvalue weighted by atomic mass is 9.83. The Morgan fingerprint density at radius 2 is 2.22 bits per heavy atom. The van der Waals surface area contributed by atoms with E-state index >= 15 is 0 Å². The highest BCUT2D eigenvalue weighted by atomic mass is 32.2. The summed E-state index contributed by atoms with van der Waals surface area (Å²) in [5.41, 5.74) is 0. The zero-order valence-electron chi connectivity index (χ0n) is 13.3. The van der Waals surface area contributed by atoms with Crippen molar-refractivity contribution in [1.29, 1.82) is 0 Å². The third-order valence-corrected chi connectivity index (χ3v) is 7.51. The largest absolute Gasteiger partial charge is 0.477 e. The number of amides is 1. The van der Waals surface area contributed by atoms with Gasteiger partial charge in [0.15, 0.2) is 9.84 Å². The molecular weight excluding hydrogens is 316 g/mol. The van der Waals surface area contributed by atoms with Crippen molar-refractivity contribution < 1.29 is 17.9 Å². The topological polar surface area (TPSA) is 76.6 Å². The molecule has 23 heavy (non-hydrogen) atoms. The average Bonchev–Trinajstić information content (AvgIpc) is 2.75. The highest BCUT2D eigenvalue weighted by Gasteiger charge is 2.62. The van der Waals surface area contributed by atoms with Gasteiger partial charge >= 0.3 is 0 Å². The van der Waals surface area contributed by atoms with E-state index < -0.39 is 14.6 Å². The Balaban J connectivity index is 1.68. The molecule has 2 fully saturated rings. The van der Waals surface area contributed by atoms with E-state index in [0.29, 0.717) is 38.4 Å². The predicted molar refractivity (Wildman–Crippen MR) is 85.8 cm³/mol. The number of rotatable bonds is 5. The highest BCUT2D eigenvalue weighted by Crippen LogP contribution is 2.45. The van der Waals surface area contributed by atoms with Gasteiger partial charge in [0.25, 0.3) is 0 Å². The van der Waals surface area contributed by atoms with Gasteiger partial charge in [-0.15, -0.1) is 0 Å². The Kier molecular flexibility index (Phi) is 4.31. The monoisotopic (exact) mass is 338 g/mol. The maximum absolute atomic E-state index is 12.5. The molecular formula is C16H22N2O4S. The van der Waals surface area contributed by atoms with Gasteiger partial charge in [0.2, 0.25) is 11.8 Å². The van der Waals surface area contributed by atoms with Crippen LogP contribution >= 0.6 is 0 Å². The van der Waals surface area contributed by atoms with Crippen LogP contribution in [0.15, 0.2) is 24.4 Å². The van der Waals surface area contributed by atoms with Gasteiger partial charge in [0.05, 0.1) is 12.4 Å². The fourth-order valence-electron chi connectivity index (χ4n) is 3.47. The number of ether oxygens (including phenoxy) is 1. The fourth-order valence-corrected chi connectivity index (χ4v) is 5.87. The van der Waals surface area contributed by atoms with Gasteiger partial charge in [-0.25, -0.2) is 13.4 Å². The summed E-state index contributed by atoms with van der Waals surface area (Å²) in [4.78, 5) is 17.7. The van der Waals surface area contributed by atoms with E-state index in [1.54, 1.807) is 23.2 Å². The van der Waals surface area contributed by atoms with E-state index in [1.165, 1.54) is 0 Å². The zero-order valence-corrected chi connectivity index (χ0v) is 14.1. The Hall–Kier alpha value is -1.63. The van der Waals surface area contributed by atoms with E-state index in [0.717, 1.165) is 6.42 Å². The number of nitrogens with zero attached hydrogens (tertiary/aromatic N) is 2. The molecule has 7 heteroatoms. The average molecular weight is 338 g/mol. The molecule has 1 aromatic heterocycles. The molecule has 0 bridgehead atoms. The van der Waals surface area contributed by atoms with Gasteiger partial charge in [-0.05, 0) is 18.9 Å². The van der Waals surface area contributed by atoms with Gasteiger partial charge in [0, 0.05) is 37.7 Å². The molecule has 6 nitrogen and oxygen atoms in total. The summed E-state index contributed by atoms with van der Waals surface area (Å²) in [6.07, 6.45) is 3.49. The minimum absolute atomic E-state index is 0.0459. The van der Waals surface area contributed by atoms with Gasteiger partial charge in [-0.3, -0.25) is 4.79 Å². The summed E-state index contributed by atoms with van der Waals surface area (Å²) in [7, 11) is -3.18. The summed E-state index contributed by atoms with van der Waals surface area (Å²) in [6, 6.07) is 5.39. The first-order valence-electron chi connectivity index (χ1n) is 8.02. The highest BCUT2D eigenvalue weighted by molar-refractivity contribution is 7.93. The van der Waals surface area contributed by atoms with Gasteiger partial charge in [-0.2, -0.15) is 0 Å². The third-order valence-electron chi connectivity index (χ3n) is 4.90. The number of hydrogen-bond donors (Lipinski definition) is 0. The summed E-state index contributed by atoms with van der Waals surface area (Å²) in [5.74, 6) is 0.647. The van der Waals surface area contributed by atoms with Gasteiger partial charge < -0.3 is 9.64 Å². The van der Waals surface area contributed by atoms with Crippen molar-refractivity contribution in [2.75, 3.05) is 25.4 Å². The lowest BCUT2D eigenvalue weighted by molar-refractivity contribution is -0.137. The lowest BCUT2D eigenvalue weighted by Crippen LogP contribution is -2.68. The van der Waals surface area contributed by atoms with Crippen LogP contribution < -0.4 is 4.74 Å². The van der Waals surface area contributed by atoms with Crippen molar-refractivity contribution in [3.63, 3.8) is 0 Å². The van der Waals surface area contributed by atoms with Crippen LogP contribution in [-0.4, -0.2) is 54.4 Å². The van der Waals surface area contributed by atoms with Crippen LogP contribution in [0, 0.1) is 5.92 Å².